The average molecular weight is 626 g/mol. The number of anilines is 1. The number of benzene rings is 3. The molecule has 10 nitrogen and oxygen atoms in total. The predicted octanol–water partition coefficient (Wildman–Crippen LogP) is 3.67. The average Bonchev–Trinajstić information content (AvgIpc) is 2.99. The first kappa shape index (κ1) is 32.8. The van der Waals surface area contributed by atoms with Gasteiger partial charge in [-0.15, -0.1) is 0 Å². The summed E-state index contributed by atoms with van der Waals surface area (Å²) in [6, 6.07) is 16.8. The number of hydrogen-bond acceptors (Lipinski definition) is 8. The number of para-hydroxylation sites is 1. The van der Waals surface area contributed by atoms with Gasteiger partial charge in [0, 0.05) is 50.6 Å². The third kappa shape index (κ3) is 7.32. The quantitative estimate of drug-likeness (QED) is 0.258. The molecule has 3 atom stereocenters. The Morgan fingerprint density at radius 3 is 2.41 bits per heavy atom. The first-order valence-corrected chi connectivity index (χ1v) is 15.9. The SMILES string of the molecule is COC(=O)c1ccccc1NC(=O)[C@@H]1CN(CCN(C)S(C)(=O)=O)C[C@H](C(=O)c2cccc(O)c2)[C@H]1c1cccc(F)c1C. The van der Waals surface area contributed by atoms with Crippen LogP contribution in [0.4, 0.5) is 10.1 Å². The molecule has 0 aromatic heterocycles. The fourth-order valence-electron chi connectivity index (χ4n) is 5.66. The number of rotatable bonds is 10. The van der Waals surface area contributed by atoms with Crippen LogP contribution in [0.5, 0.6) is 5.75 Å². The van der Waals surface area contributed by atoms with Gasteiger partial charge in [0.2, 0.25) is 15.9 Å². The van der Waals surface area contributed by atoms with Crippen molar-refractivity contribution in [2.24, 2.45) is 11.8 Å². The summed E-state index contributed by atoms with van der Waals surface area (Å²) in [5, 5.41) is 12.9. The van der Waals surface area contributed by atoms with E-state index in [1.807, 2.05) is 4.90 Å². The van der Waals surface area contributed by atoms with E-state index in [2.05, 4.69) is 5.32 Å². The number of amides is 1. The van der Waals surface area contributed by atoms with Crippen LogP contribution in [0.15, 0.2) is 66.7 Å². The number of aromatic hydroxyl groups is 1. The minimum Gasteiger partial charge on any atom is -0.508 e. The third-order valence-electron chi connectivity index (χ3n) is 8.14. The fourth-order valence-corrected chi connectivity index (χ4v) is 6.07. The van der Waals surface area contributed by atoms with Crippen molar-refractivity contribution in [2.45, 2.75) is 12.8 Å². The highest BCUT2D eigenvalue weighted by Gasteiger charge is 2.45. The fraction of sp³-hybridized carbons (Fsp3) is 0.344. The summed E-state index contributed by atoms with van der Waals surface area (Å²) in [5.74, 6) is -4.71. The number of carbonyl (C=O) groups is 3. The molecule has 234 valence electrons. The number of sulfonamides is 1. The number of nitrogens with zero attached hydrogens (tertiary/aromatic N) is 2. The van der Waals surface area contributed by atoms with Gasteiger partial charge in [-0.1, -0.05) is 36.4 Å². The van der Waals surface area contributed by atoms with Crippen molar-refractivity contribution < 1.29 is 37.0 Å². The van der Waals surface area contributed by atoms with Crippen molar-refractivity contribution in [1.82, 2.24) is 9.21 Å². The van der Waals surface area contributed by atoms with Crippen LogP contribution in [0.3, 0.4) is 0 Å². The lowest BCUT2D eigenvalue weighted by molar-refractivity contribution is -0.122. The number of carbonyl (C=O) groups excluding carboxylic acids is 3. The molecule has 3 aromatic rings. The largest absolute Gasteiger partial charge is 0.508 e. The third-order valence-corrected chi connectivity index (χ3v) is 9.45. The number of halogens is 1. The van der Waals surface area contributed by atoms with Gasteiger partial charge in [0.15, 0.2) is 5.78 Å². The van der Waals surface area contributed by atoms with Gasteiger partial charge in [0.05, 0.1) is 30.5 Å². The van der Waals surface area contributed by atoms with Crippen LogP contribution in [0.2, 0.25) is 0 Å². The molecule has 1 aliphatic rings. The molecule has 1 aliphatic heterocycles. The first-order chi connectivity index (χ1) is 20.8. The first-order valence-electron chi connectivity index (χ1n) is 14.0. The predicted molar refractivity (Wildman–Crippen MR) is 164 cm³/mol. The summed E-state index contributed by atoms with van der Waals surface area (Å²) in [6.45, 7) is 2.18. The molecule has 44 heavy (non-hydrogen) atoms. The van der Waals surface area contributed by atoms with Crippen LogP contribution in [0.1, 0.15) is 37.8 Å². The van der Waals surface area contributed by atoms with Crippen molar-refractivity contribution in [3.63, 3.8) is 0 Å². The Labute approximate surface area is 256 Å². The zero-order valence-corrected chi connectivity index (χ0v) is 25.8. The van der Waals surface area contributed by atoms with Crippen LogP contribution in [0.25, 0.3) is 0 Å². The summed E-state index contributed by atoms with van der Waals surface area (Å²) in [5.41, 5.74) is 1.35. The Bertz CT molecular complexity index is 1660. The number of phenols is 1. The van der Waals surface area contributed by atoms with Crippen LogP contribution in [-0.2, 0) is 19.6 Å². The maximum atomic E-state index is 14.9. The second-order valence-electron chi connectivity index (χ2n) is 11.0. The topological polar surface area (TPSA) is 133 Å². The summed E-state index contributed by atoms with van der Waals surface area (Å²) in [6.07, 6.45) is 1.09. The van der Waals surface area contributed by atoms with Crippen molar-refractivity contribution in [3.05, 3.63) is 94.8 Å². The van der Waals surface area contributed by atoms with Gasteiger partial charge in [-0.3, -0.25) is 9.59 Å². The lowest BCUT2D eigenvalue weighted by atomic mass is 9.69. The molecule has 0 bridgehead atoms. The molecule has 0 unspecified atom stereocenters. The lowest BCUT2D eigenvalue weighted by Crippen LogP contribution is -2.53. The van der Waals surface area contributed by atoms with E-state index in [-0.39, 0.29) is 54.5 Å². The molecule has 0 radical (unpaired) electrons. The monoisotopic (exact) mass is 625 g/mol. The van der Waals surface area contributed by atoms with E-state index in [1.165, 1.54) is 48.8 Å². The Balaban J connectivity index is 1.81. The van der Waals surface area contributed by atoms with E-state index in [0.717, 1.165) is 6.26 Å². The molecule has 1 heterocycles. The van der Waals surface area contributed by atoms with Crippen LogP contribution in [0, 0.1) is 24.6 Å². The molecule has 0 spiro atoms. The molecule has 0 aliphatic carbocycles. The molecule has 1 saturated heterocycles. The van der Waals surface area contributed by atoms with Gasteiger partial charge in [0.1, 0.15) is 11.6 Å². The number of likely N-dealkylation sites (N-methyl/N-ethyl adjacent to an activating group) is 1. The number of esters is 1. The summed E-state index contributed by atoms with van der Waals surface area (Å²) in [7, 11) is -0.808. The van der Waals surface area contributed by atoms with Gasteiger partial charge < -0.3 is 20.1 Å². The van der Waals surface area contributed by atoms with Crippen molar-refractivity contribution >= 4 is 33.4 Å². The Morgan fingerprint density at radius 1 is 1.05 bits per heavy atom. The Morgan fingerprint density at radius 2 is 1.73 bits per heavy atom. The lowest BCUT2D eigenvalue weighted by Gasteiger charge is -2.43. The molecular formula is C32H36FN3O7S. The van der Waals surface area contributed by atoms with Gasteiger partial charge in [0.25, 0.3) is 0 Å². The number of methoxy groups -OCH3 is 1. The van der Waals surface area contributed by atoms with E-state index in [4.69, 9.17) is 4.74 Å². The van der Waals surface area contributed by atoms with Crippen molar-refractivity contribution in [2.75, 3.05) is 51.9 Å². The molecule has 1 amide bonds. The van der Waals surface area contributed by atoms with Gasteiger partial charge in [-0.25, -0.2) is 21.9 Å². The van der Waals surface area contributed by atoms with Gasteiger partial charge in [-0.2, -0.15) is 0 Å². The number of hydrogen-bond donors (Lipinski definition) is 2. The molecular weight excluding hydrogens is 589 g/mol. The van der Waals surface area contributed by atoms with Crippen LogP contribution in [-0.4, -0.2) is 87.0 Å². The number of phenolic OH excluding ortho intramolecular Hbond substituents is 1. The molecule has 4 rings (SSSR count). The van der Waals surface area contributed by atoms with E-state index < -0.39 is 45.5 Å². The zero-order valence-electron chi connectivity index (χ0n) is 25.0. The number of Topliss-reactive ketones (excluding diaryl/α,β-unsaturated/α-hetero) is 1. The smallest absolute Gasteiger partial charge is 0.339 e. The van der Waals surface area contributed by atoms with Gasteiger partial charge in [-0.05, 0) is 48.4 Å². The molecule has 12 heteroatoms. The summed E-state index contributed by atoms with van der Waals surface area (Å²) >= 11 is 0. The Hall–Kier alpha value is -4.13. The van der Waals surface area contributed by atoms with E-state index in [0.29, 0.717) is 11.1 Å². The number of piperidine rings is 1. The molecule has 1 fully saturated rings. The maximum Gasteiger partial charge on any atom is 0.339 e. The maximum absolute atomic E-state index is 14.9. The van der Waals surface area contributed by atoms with Crippen LogP contribution < -0.4 is 5.32 Å². The standard InChI is InChI=1S/C32H36FN3O7S/c1-20-23(12-8-13-27(20)33)29-25(30(38)21-9-7-10-22(37)17-21)18-36(16-15-35(2)44(4,41)42)19-26(29)31(39)34-28-14-6-5-11-24(28)32(40)43-3/h5-14,17,25-26,29,37H,15-16,18-19H2,1-4H3,(H,34,39)/t25-,26+,29+/m0/s1. The van der Waals surface area contributed by atoms with E-state index in [1.54, 1.807) is 43.3 Å². The highest BCUT2D eigenvalue weighted by molar-refractivity contribution is 7.88. The normalized spacial score (nSPS) is 19.0. The highest BCUT2D eigenvalue weighted by Crippen LogP contribution is 2.42. The minimum atomic E-state index is -3.48. The summed E-state index contributed by atoms with van der Waals surface area (Å²) < 4.78 is 45.2. The van der Waals surface area contributed by atoms with Crippen molar-refractivity contribution in [1.29, 1.82) is 0 Å². The molecule has 3 aromatic carbocycles. The number of nitrogens with one attached hydrogen (secondary N) is 1. The van der Waals surface area contributed by atoms with Crippen molar-refractivity contribution in [3.8, 4) is 5.75 Å². The van der Waals surface area contributed by atoms with Crippen LogP contribution >= 0.6 is 0 Å². The number of ketones is 1. The highest BCUT2D eigenvalue weighted by atomic mass is 32.2. The molecule has 0 saturated carbocycles. The van der Waals surface area contributed by atoms with E-state index >= 15 is 0 Å². The van der Waals surface area contributed by atoms with Gasteiger partial charge >= 0.3 is 5.97 Å². The van der Waals surface area contributed by atoms with E-state index in [9.17, 15) is 32.3 Å². The Kier molecular flexibility index (Phi) is 10.2. The number of likely N-dealkylation sites (tertiary alicyclic amines) is 1. The second-order valence-corrected chi connectivity index (χ2v) is 13.1. The number of ether oxygens (including phenoxy) is 1. The second kappa shape index (κ2) is 13.7. The zero-order chi connectivity index (χ0) is 32.2. The minimum absolute atomic E-state index is 0.106. The summed E-state index contributed by atoms with van der Waals surface area (Å²) in [4.78, 5) is 42.6. The molecule has 2 N–H and O–H groups in total.